The number of carbonyl (C=O) groups is 2. The van der Waals surface area contributed by atoms with Gasteiger partial charge in [0.2, 0.25) is 11.8 Å². The maximum atomic E-state index is 12.9. The SMILES string of the molecule is CCCC(=O)N(CCC)Cc1ncc(-c2ccc3c(c2)COc2cc4c(ccc5[nH]c(CN(C(=O)CCC)[C@@H](C)CC)nc54)cc2-3)[nH]1. The first-order chi connectivity index (χ1) is 22.8. The molecule has 0 aliphatic carbocycles. The summed E-state index contributed by atoms with van der Waals surface area (Å²) in [4.78, 5) is 45.8. The van der Waals surface area contributed by atoms with Gasteiger partial charge in [0.15, 0.2) is 0 Å². The topological polar surface area (TPSA) is 107 Å². The third-order valence-electron chi connectivity index (χ3n) is 9.21. The monoisotopic (exact) mass is 634 g/mol. The molecule has 2 amide bonds. The zero-order valence-electron chi connectivity index (χ0n) is 28.3. The van der Waals surface area contributed by atoms with E-state index in [9.17, 15) is 9.59 Å². The quantitative estimate of drug-likeness (QED) is 0.136. The zero-order chi connectivity index (χ0) is 33.1. The van der Waals surface area contributed by atoms with Crippen molar-refractivity contribution in [2.24, 2.45) is 0 Å². The predicted molar refractivity (Wildman–Crippen MR) is 187 cm³/mol. The van der Waals surface area contributed by atoms with Gasteiger partial charge in [0.1, 0.15) is 24.0 Å². The van der Waals surface area contributed by atoms with Crippen molar-refractivity contribution in [1.82, 2.24) is 29.7 Å². The van der Waals surface area contributed by atoms with Crippen LogP contribution >= 0.6 is 0 Å². The summed E-state index contributed by atoms with van der Waals surface area (Å²) in [5.74, 6) is 2.76. The van der Waals surface area contributed by atoms with E-state index in [2.05, 4.69) is 78.2 Å². The van der Waals surface area contributed by atoms with E-state index in [1.165, 1.54) is 0 Å². The lowest BCUT2D eigenvalue weighted by atomic mass is 9.92. The highest BCUT2D eigenvalue weighted by Crippen LogP contribution is 2.42. The normalized spacial score (nSPS) is 12.9. The fraction of sp³-hybridized carbons (Fsp3) is 0.421. The molecule has 0 fully saturated rings. The average molecular weight is 635 g/mol. The van der Waals surface area contributed by atoms with E-state index in [0.29, 0.717) is 32.5 Å². The number of nitrogens with zero attached hydrogens (tertiary/aromatic N) is 4. The number of aromatic nitrogens is 4. The fourth-order valence-corrected chi connectivity index (χ4v) is 6.51. The lowest BCUT2D eigenvalue weighted by Gasteiger charge is -2.27. The molecule has 3 aromatic carbocycles. The summed E-state index contributed by atoms with van der Waals surface area (Å²) >= 11 is 0. The fourth-order valence-electron chi connectivity index (χ4n) is 6.51. The van der Waals surface area contributed by atoms with Gasteiger partial charge in [-0.25, -0.2) is 9.97 Å². The molecule has 0 saturated carbocycles. The van der Waals surface area contributed by atoms with E-state index in [0.717, 1.165) is 99.4 Å². The molecule has 1 aliphatic rings. The minimum Gasteiger partial charge on any atom is -0.488 e. The van der Waals surface area contributed by atoms with Gasteiger partial charge in [-0.1, -0.05) is 45.9 Å². The molecular formula is C38H46N6O3. The molecule has 9 heteroatoms. The molecule has 1 atom stereocenters. The molecule has 0 saturated heterocycles. The van der Waals surface area contributed by atoms with Crippen LogP contribution in [0.3, 0.4) is 0 Å². The summed E-state index contributed by atoms with van der Waals surface area (Å²) in [6.07, 6.45) is 6.43. The lowest BCUT2D eigenvalue weighted by molar-refractivity contribution is -0.134. The van der Waals surface area contributed by atoms with Crippen molar-refractivity contribution in [3.63, 3.8) is 0 Å². The second-order valence-corrected chi connectivity index (χ2v) is 12.7. The van der Waals surface area contributed by atoms with E-state index in [4.69, 9.17) is 9.72 Å². The molecule has 0 spiro atoms. The van der Waals surface area contributed by atoms with E-state index >= 15 is 0 Å². The van der Waals surface area contributed by atoms with Crippen molar-refractivity contribution in [2.45, 2.75) is 98.9 Å². The highest BCUT2D eigenvalue weighted by molar-refractivity contribution is 6.07. The van der Waals surface area contributed by atoms with E-state index in [-0.39, 0.29) is 17.9 Å². The smallest absolute Gasteiger partial charge is 0.223 e. The van der Waals surface area contributed by atoms with Gasteiger partial charge < -0.3 is 24.5 Å². The summed E-state index contributed by atoms with van der Waals surface area (Å²) < 4.78 is 6.35. The summed E-state index contributed by atoms with van der Waals surface area (Å²) in [5, 5.41) is 2.11. The summed E-state index contributed by atoms with van der Waals surface area (Å²) in [6.45, 7) is 12.5. The van der Waals surface area contributed by atoms with Crippen molar-refractivity contribution in [3.8, 4) is 28.1 Å². The number of imidazole rings is 2. The van der Waals surface area contributed by atoms with Crippen LogP contribution in [0.4, 0.5) is 0 Å². The third-order valence-corrected chi connectivity index (χ3v) is 9.21. The summed E-state index contributed by atoms with van der Waals surface area (Å²) in [5.41, 5.74) is 7.12. The number of fused-ring (bicyclic) bond motifs is 6. The third kappa shape index (κ3) is 6.62. The number of rotatable bonds is 13. The first-order valence-corrected chi connectivity index (χ1v) is 17.2. The Labute approximate surface area is 276 Å². The van der Waals surface area contributed by atoms with Gasteiger partial charge in [0, 0.05) is 36.4 Å². The van der Waals surface area contributed by atoms with Gasteiger partial charge >= 0.3 is 0 Å². The maximum absolute atomic E-state index is 12.9. The van der Waals surface area contributed by atoms with Crippen molar-refractivity contribution in [2.75, 3.05) is 6.54 Å². The number of carbonyl (C=O) groups excluding carboxylic acids is 2. The van der Waals surface area contributed by atoms with E-state index in [1.54, 1.807) is 0 Å². The van der Waals surface area contributed by atoms with Crippen molar-refractivity contribution in [1.29, 1.82) is 0 Å². The number of aromatic amines is 2. The Bertz CT molecular complexity index is 1910. The number of benzene rings is 3. The van der Waals surface area contributed by atoms with Gasteiger partial charge in [-0.3, -0.25) is 9.59 Å². The van der Waals surface area contributed by atoms with Crippen LogP contribution in [0.2, 0.25) is 0 Å². The second-order valence-electron chi connectivity index (χ2n) is 12.7. The van der Waals surface area contributed by atoms with Crippen LogP contribution in [0.15, 0.2) is 48.7 Å². The molecule has 1 aliphatic heterocycles. The minimum absolute atomic E-state index is 0.146. The second kappa shape index (κ2) is 14.0. The Morgan fingerprint density at radius 3 is 2.47 bits per heavy atom. The molecule has 2 N–H and O–H groups in total. The van der Waals surface area contributed by atoms with E-state index < -0.39 is 0 Å². The highest BCUT2D eigenvalue weighted by atomic mass is 16.5. The number of ether oxygens (including phenoxy) is 1. The molecule has 47 heavy (non-hydrogen) atoms. The number of H-pyrrole nitrogens is 2. The van der Waals surface area contributed by atoms with Crippen molar-refractivity contribution < 1.29 is 14.3 Å². The van der Waals surface area contributed by atoms with Gasteiger partial charge in [-0.15, -0.1) is 0 Å². The Morgan fingerprint density at radius 1 is 0.894 bits per heavy atom. The van der Waals surface area contributed by atoms with Crippen molar-refractivity contribution >= 4 is 33.6 Å². The standard InChI is InChI=1S/C38H46N6O3/c1-6-10-36(45)43(16-8-3)21-34-39-20-32(41-34)26-12-14-28-27(17-26)23-47-33-19-29-25(18-30(28)33)13-15-31-38(29)42-35(40-31)22-44(24(5)9-4)37(46)11-7-2/h12-15,17-20,24H,6-11,16,21-23H2,1-5H3,(H,39,41)(H,40,42)/t24-/m0/s1. The van der Waals surface area contributed by atoms with Crippen LogP contribution in [0.1, 0.15) is 90.4 Å². The number of hydrogen-bond donors (Lipinski definition) is 2. The molecule has 0 bridgehead atoms. The van der Waals surface area contributed by atoms with Gasteiger partial charge in [0.25, 0.3) is 0 Å². The molecule has 246 valence electrons. The van der Waals surface area contributed by atoms with Crippen LogP contribution in [-0.2, 0) is 29.3 Å². The summed E-state index contributed by atoms with van der Waals surface area (Å²) in [6, 6.07) is 15.1. The largest absolute Gasteiger partial charge is 0.488 e. The molecule has 3 heterocycles. The van der Waals surface area contributed by atoms with Crippen LogP contribution in [0.25, 0.3) is 44.2 Å². The van der Waals surface area contributed by atoms with Gasteiger partial charge in [-0.05, 0) is 78.9 Å². The van der Waals surface area contributed by atoms with Crippen LogP contribution < -0.4 is 4.74 Å². The molecule has 9 nitrogen and oxygen atoms in total. The lowest BCUT2D eigenvalue weighted by Crippen LogP contribution is -2.37. The Kier molecular flexibility index (Phi) is 9.61. The number of nitrogens with one attached hydrogen (secondary N) is 2. The average Bonchev–Trinajstić information content (AvgIpc) is 3.73. The molecule has 0 radical (unpaired) electrons. The Hall–Kier alpha value is -4.66. The summed E-state index contributed by atoms with van der Waals surface area (Å²) in [7, 11) is 0. The molecule has 2 aromatic heterocycles. The van der Waals surface area contributed by atoms with E-state index in [1.807, 2.05) is 29.8 Å². The number of amides is 2. The predicted octanol–water partition coefficient (Wildman–Crippen LogP) is 8.13. The minimum atomic E-state index is 0.146. The van der Waals surface area contributed by atoms with Gasteiger partial charge in [0.05, 0.1) is 36.0 Å². The molecule has 6 rings (SSSR count). The van der Waals surface area contributed by atoms with Crippen LogP contribution in [0, 0.1) is 0 Å². The Morgan fingerprint density at radius 2 is 1.70 bits per heavy atom. The Balaban J connectivity index is 1.26. The van der Waals surface area contributed by atoms with Crippen LogP contribution in [0.5, 0.6) is 5.75 Å². The number of hydrogen-bond acceptors (Lipinski definition) is 5. The maximum Gasteiger partial charge on any atom is 0.223 e. The van der Waals surface area contributed by atoms with Crippen LogP contribution in [-0.4, -0.2) is 54.1 Å². The van der Waals surface area contributed by atoms with Crippen molar-refractivity contribution in [3.05, 3.63) is 65.9 Å². The highest BCUT2D eigenvalue weighted by Gasteiger charge is 2.23. The van der Waals surface area contributed by atoms with Gasteiger partial charge in [-0.2, -0.15) is 0 Å². The first kappa shape index (κ1) is 32.3. The first-order valence-electron chi connectivity index (χ1n) is 17.2. The molecular weight excluding hydrogens is 588 g/mol. The molecule has 5 aromatic rings. The zero-order valence-corrected chi connectivity index (χ0v) is 28.3. The molecule has 0 unspecified atom stereocenters.